The second-order valence-corrected chi connectivity index (χ2v) is 4.00. The maximum atomic E-state index is 11.6. The van der Waals surface area contributed by atoms with E-state index in [2.05, 4.69) is 15.5 Å². The van der Waals surface area contributed by atoms with E-state index in [-0.39, 0.29) is 11.8 Å². The lowest BCUT2D eigenvalue weighted by molar-refractivity contribution is -0.120. The standard InChI is InChI=1S/C12H14N4O/c1-16(2)8-13-11-6-4-3-5-9(11)10-7-14-15-12(10)17/h3-8,10H,1-2H3,(H,15,17). The summed E-state index contributed by atoms with van der Waals surface area (Å²) in [6.07, 6.45) is 3.31. The van der Waals surface area contributed by atoms with Gasteiger partial charge < -0.3 is 4.90 Å². The summed E-state index contributed by atoms with van der Waals surface area (Å²) < 4.78 is 0. The van der Waals surface area contributed by atoms with E-state index in [1.165, 1.54) is 0 Å². The van der Waals surface area contributed by atoms with Crippen LogP contribution in [0.1, 0.15) is 11.5 Å². The molecule has 5 heteroatoms. The van der Waals surface area contributed by atoms with Crippen molar-refractivity contribution in [3.63, 3.8) is 0 Å². The molecule has 88 valence electrons. The van der Waals surface area contributed by atoms with Crippen molar-refractivity contribution in [2.45, 2.75) is 5.92 Å². The third-order valence-corrected chi connectivity index (χ3v) is 2.38. The van der Waals surface area contributed by atoms with Gasteiger partial charge in [0, 0.05) is 20.3 Å². The number of benzene rings is 1. The Hall–Kier alpha value is -2.17. The van der Waals surface area contributed by atoms with Crippen molar-refractivity contribution in [3.8, 4) is 0 Å². The van der Waals surface area contributed by atoms with Crippen LogP contribution < -0.4 is 5.43 Å². The maximum Gasteiger partial charge on any atom is 0.253 e. The van der Waals surface area contributed by atoms with Crippen LogP contribution >= 0.6 is 0 Å². The van der Waals surface area contributed by atoms with Gasteiger partial charge in [-0.1, -0.05) is 18.2 Å². The van der Waals surface area contributed by atoms with Crippen LogP contribution in [-0.4, -0.2) is 37.5 Å². The van der Waals surface area contributed by atoms with Crippen LogP contribution in [0, 0.1) is 0 Å². The quantitative estimate of drug-likeness (QED) is 0.624. The van der Waals surface area contributed by atoms with Gasteiger partial charge in [-0.3, -0.25) is 4.79 Å². The highest BCUT2D eigenvalue weighted by Crippen LogP contribution is 2.27. The summed E-state index contributed by atoms with van der Waals surface area (Å²) in [4.78, 5) is 17.8. The third-order valence-electron chi connectivity index (χ3n) is 2.38. The zero-order chi connectivity index (χ0) is 12.3. The number of carbonyl (C=O) groups excluding carboxylic acids is 1. The molecule has 2 rings (SSSR count). The Bertz CT molecular complexity index is 479. The number of hydrogen-bond donors (Lipinski definition) is 1. The fourth-order valence-corrected chi connectivity index (χ4v) is 1.58. The average molecular weight is 230 g/mol. The van der Waals surface area contributed by atoms with Crippen LogP contribution in [0.5, 0.6) is 0 Å². The van der Waals surface area contributed by atoms with Gasteiger partial charge in [0.05, 0.1) is 12.0 Å². The first-order valence-electron chi connectivity index (χ1n) is 5.31. The minimum atomic E-state index is -0.342. The SMILES string of the molecule is CN(C)C=Nc1ccccc1C1C=NNC1=O. The molecule has 1 unspecified atom stereocenters. The summed E-state index contributed by atoms with van der Waals surface area (Å²) in [5.74, 6) is -0.456. The molecule has 0 bridgehead atoms. The summed E-state index contributed by atoms with van der Waals surface area (Å²) in [7, 11) is 3.80. The number of carbonyl (C=O) groups is 1. The molecule has 1 aromatic carbocycles. The van der Waals surface area contributed by atoms with E-state index in [1.807, 2.05) is 43.3 Å². The molecule has 0 spiro atoms. The molecule has 1 N–H and O–H groups in total. The van der Waals surface area contributed by atoms with Crippen LogP contribution in [-0.2, 0) is 4.79 Å². The molecule has 1 atom stereocenters. The van der Waals surface area contributed by atoms with Crippen molar-refractivity contribution in [2.75, 3.05) is 14.1 Å². The number of aliphatic imine (C=N–C) groups is 1. The Morgan fingerprint density at radius 2 is 2.18 bits per heavy atom. The third kappa shape index (κ3) is 2.50. The molecule has 17 heavy (non-hydrogen) atoms. The van der Waals surface area contributed by atoms with Gasteiger partial charge in [-0.25, -0.2) is 10.4 Å². The lowest BCUT2D eigenvalue weighted by Crippen LogP contribution is -2.18. The van der Waals surface area contributed by atoms with Gasteiger partial charge in [-0.2, -0.15) is 5.10 Å². The number of amides is 1. The average Bonchev–Trinajstić information content (AvgIpc) is 2.73. The van der Waals surface area contributed by atoms with Crippen molar-refractivity contribution in [1.29, 1.82) is 0 Å². The van der Waals surface area contributed by atoms with Crippen LogP contribution in [0.3, 0.4) is 0 Å². The molecule has 0 saturated carbocycles. The number of nitrogens with one attached hydrogen (secondary N) is 1. The highest BCUT2D eigenvalue weighted by atomic mass is 16.2. The Morgan fingerprint density at radius 3 is 2.82 bits per heavy atom. The fraction of sp³-hybridized carbons (Fsp3) is 0.250. The van der Waals surface area contributed by atoms with Crippen LogP contribution in [0.4, 0.5) is 5.69 Å². The van der Waals surface area contributed by atoms with Gasteiger partial charge in [0.1, 0.15) is 5.92 Å². The Labute approximate surface area is 99.8 Å². The van der Waals surface area contributed by atoms with Crippen molar-refractivity contribution in [1.82, 2.24) is 10.3 Å². The zero-order valence-corrected chi connectivity index (χ0v) is 9.79. The summed E-state index contributed by atoms with van der Waals surface area (Å²) >= 11 is 0. The molecular weight excluding hydrogens is 216 g/mol. The second kappa shape index (κ2) is 4.78. The molecule has 1 amide bonds. The molecule has 1 aromatic rings. The molecule has 1 aliphatic rings. The number of para-hydroxylation sites is 1. The number of hydrazone groups is 1. The highest BCUT2D eigenvalue weighted by molar-refractivity contribution is 6.03. The molecule has 5 nitrogen and oxygen atoms in total. The predicted molar refractivity (Wildman–Crippen MR) is 67.7 cm³/mol. The number of hydrogen-bond acceptors (Lipinski definition) is 3. The van der Waals surface area contributed by atoms with Gasteiger partial charge in [-0.15, -0.1) is 0 Å². The van der Waals surface area contributed by atoms with Gasteiger partial charge in [-0.05, 0) is 11.6 Å². The second-order valence-electron chi connectivity index (χ2n) is 4.00. The summed E-state index contributed by atoms with van der Waals surface area (Å²) in [5, 5.41) is 3.77. The largest absolute Gasteiger partial charge is 0.369 e. The van der Waals surface area contributed by atoms with Crippen molar-refractivity contribution in [2.24, 2.45) is 10.1 Å². The van der Waals surface area contributed by atoms with Crippen LogP contribution in [0.25, 0.3) is 0 Å². The Kier molecular flexibility index (Phi) is 3.18. The molecule has 1 heterocycles. The van der Waals surface area contributed by atoms with E-state index >= 15 is 0 Å². The van der Waals surface area contributed by atoms with Gasteiger partial charge in [0.25, 0.3) is 5.91 Å². The van der Waals surface area contributed by atoms with Gasteiger partial charge in [0.15, 0.2) is 0 Å². The maximum absolute atomic E-state index is 11.6. The van der Waals surface area contributed by atoms with E-state index in [0.29, 0.717) is 0 Å². The molecule has 0 radical (unpaired) electrons. The van der Waals surface area contributed by atoms with E-state index in [9.17, 15) is 4.79 Å². The molecule has 0 aliphatic carbocycles. The van der Waals surface area contributed by atoms with E-state index in [4.69, 9.17) is 0 Å². The fourth-order valence-electron chi connectivity index (χ4n) is 1.58. The van der Waals surface area contributed by atoms with Gasteiger partial charge in [0.2, 0.25) is 0 Å². The summed E-state index contributed by atoms with van der Waals surface area (Å²) in [5.41, 5.74) is 4.08. The molecular formula is C12H14N4O. The first-order valence-corrected chi connectivity index (χ1v) is 5.31. The first-order chi connectivity index (χ1) is 8.18. The normalized spacial score (nSPS) is 18.7. The molecule has 0 fully saturated rings. The summed E-state index contributed by atoms with van der Waals surface area (Å²) in [6.45, 7) is 0. The van der Waals surface area contributed by atoms with Gasteiger partial charge >= 0.3 is 0 Å². The summed E-state index contributed by atoms with van der Waals surface area (Å²) in [6, 6.07) is 7.57. The smallest absolute Gasteiger partial charge is 0.253 e. The van der Waals surface area contributed by atoms with E-state index in [1.54, 1.807) is 12.6 Å². The molecule has 1 aliphatic heterocycles. The lowest BCUT2D eigenvalue weighted by Gasteiger charge is -2.09. The van der Waals surface area contributed by atoms with Crippen molar-refractivity contribution < 1.29 is 4.79 Å². The van der Waals surface area contributed by atoms with Crippen LogP contribution in [0.15, 0.2) is 34.4 Å². The molecule has 0 aromatic heterocycles. The van der Waals surface area contributed by atoms with E-state index < -0.39 is 0 Å². The number of nitrogens with zero attached hydrogens (tertiary/aromatic N) is 3. The monoisotopic (exact) mass is 230 g/mol. The van der Waals surface area contributed by atoms with Crippen LogP contribution in [0.2, 0.25) is 0 Å². The van der Waals surface area contributed by atoms with E-state index in [0.717, 1.165) is 11.3 Å². The minimum absolute atomic E-state index is 0.113. The lowest BCUT2D eigenvalue weighted by atomic mass is 9.98. The predicted octanol–water partition coefficient (Wildman–Crippen LogP) is 1.11. The Morgan fingerprint density at radius 1 is 1.41 bits per heavy atom. The van der Waals surface area contributed by atoms with Crippen molar-refractivity contribution in [3.05, 3.63) is 29.8 Å². The number of rotatable bonds is 3. The first kappa shape index (κ1) is 11.3. The zero-order valence-electron chi connectivity index (χ0n) is 9.79. The Balaban J connectivity index is 2.33. The highest BCUT2D eigenvalue weighted by Gasteiger charge is 2.24. The topological polar surface area (TPSA) is 57.1 Å². The van der Waals surface area contributed by atoms with Crippen molar-refractivity contribution >= 4 is 24.1 Å². The molecule has 0 saturated heterocycles. The minimum Gasteiger partial charge on any atom is -0.369 e.